The molecule has 5 nitrogen and oxygen atoms in total. The van der Waals surface area contributed by atoms with Gasteiger partial charge in [0.25, 0.3) is 0 Å². The molecule has 2 aliphatic heterocycles. The van der Waals surface area contributed by atoms with Gasteiger partial charge in [0, 0.05) is 19.5 Å². The Morgan fingerprint density at radius 2 is 2.03 bits per heavy atom. The van der Waals surface area contributed by atoms with E-state index in [1.165, 1.54) is 11.1 Å². The molecule has 0 saturated carbocycles. The number of hydrogen-bond donors (Lipinski definition) is 0. The monoisotopic (exact) mass is 526 g/mol. The smallest absolute Gasteiger partial charge is 0.384 e. The van der Waals surface area contributed by atoms with Gasteiger partial charge in [-0.2, -0.15) is 0 Å². The molecular formula is C33H50O5. The third-order valence-electron chi connectivity index (χ3n) is 6.40. The van der Waals surface area contributed by atoms with Crippen molar-refractivity contribution in [3.05, 3.63) is 60.3 Å². The predicted molar refractivity (Wildman–Crippen MR) is 157 cm³/mol. The molecule has 2 rings (SSSR count). The van der Waals surface area contributed by atoms with Crippen LogP contribution in [0, 0.1) is 17.8 Å². The molecule has 2 heterocycles. The maximum Gasteiger partial charge on any atom is 0.384 e. The molecule has 38 heavy (non-hydrogen) atoms. The van der Waals surface area contributed by atoms with Crippen LogP contribution in [-0.4, -0.2) is 50.7 Å². The molecule has 0 fully saturated rings. The van der Waals surface area contributed by atoms with Crippen molar-refractivity contribution in [1.29, 1.82) is 0 Å². The Morgan fingerprint density at radius 3 is 2.68 bits per heavy atom. The van der Waals surface area contributed by atoms with E-state index >= 15 is 0 Å². The summed E-state index contributed by atoms with van der Waals surface area (Å²) in [5.74, 6) is 5.07. The van der Waals surface area contributed by atoms with Gasteiger partial charge in [-0.1, -0.05) is 86.9 Å². The molecule has 0 spiro atoms. The lowest BCUT2D eigenvalue weighted by Crippen LogP contribution is -2.31. The number of rotatable bonds is 14. The van der Waals surface area contributed by atoms with Gasteiger partial charge in [0.05, 0.1) is 25.4 Å². The Hall–Kier alpha value is -2.39. The fraction of sp³-hybridized carbons (Fsp3) is 0.606. The van der Waals surface area contributed by atoms with Crippen LogP contribution in [0.1, 0.15) is 79.6 Å². The number of esters is 1. The van der Waals surface area contributed by atoms with Gasteiger partial charge in [-0.25, -0.2) is 4.79 Å². The van der Waals surface area contributed by atoms with Crippen LogP contribution in [0.4, 0.5) is 0 Å². The van der Waals surface area contributed by atoms with Crippen LogP contribution < -0.4 is 0 Å². The Bertz CT molecular complexity index is 870. The first-order valence-corrected chi connectivity index (χ1v) is 14.1. The largest absolute Gasteiger partial charge is 0.449 e. The van der Waals surface area contributed by atoms with Crippen molar-refractivity contribution in [2.75, 3.05) is 20.3 Å². The standard InChI is InChI=1S/C31H44O5.C2H6/c1-6-12-31(32)36-30(29(33-5)17-16-28-22-25(3)18-20-35-28)15-9-7-8-13-24(2)21-26(4)23-27-14-10-11-19-34-27;1-2/h7,9-11,16-18,26-30H,2,8,13-15,19-23H2,1,3-5H3;1-2H3/b9-7+,17-16+;. The van der Waals surface area contributed by atoms with E-state index in [-0.39, 0.29) is 12.2 Å². The summed E-state index contributed by atoms with van der Waals surface area (Å²) in [6.45, 7) is 15.6. The van der Waals surface area contributed by atoms with Gasteiger partial charge in [0.1, 0.15) is 12.2 Å². The Morgan fingerprint density at radius 1 is 1.24 bits per heavy atom. The van der Waals surface area contributed by atoms with Crippen molar-refractivity contribution in [1.82, 2.24) is 0 Å². The van der Waals surface area contributed by atoms with Gasteiger partial charge < -0.3 is 18.9 Å². The molecule has 0 aromatic rings. The van der Waals surface area contributed by atoms with Gasteiger partial charge in [0.15, 0.2) is 0 Å². The highest BCUT2D eigenvalue weighted by atomic mass is 16.6. The number of carbonyl (C=O) groups excluding carboxylic acids is 1. The van der Waals surface area contributed by atoms with Crippen LogP contribution >= 0.6 is 0 Å². The number of ether oxygens (including phenoxy) is 4. The average Bonchev–Trinajstić information content (AvgIpc) is 2.90. The van der Waals surface area contributed by atoms with Crippen molar-refractivity contribution in [2.24, 2.45) is 5.92 Å². The summed E-state index contributed by atoms with van der Waals surface area (Å²) < 4.78 is 22.9. The molecule has 0 saturated heterocycles. The zero-order valence-corrected chi connectivity index (χ0v) is 24.5. The molecule has 2 aliphatic rings. The molecule has 5 heteroatoms. The quantitative estimate of drug-likeness (QED) is 0.103. The molecule has 0 aromatic heterocycles. The Labute approximate surface area is 232 Å². The second kappa shape index (κ2) is 20.6. The van der Waals surface area contributed by atoms with Gasteiger partial charge in [-0.05, 0) is 58.3 Å². The highest BCUT2D eigenvalue weighted by Gasteiger charge is 2.22. The topological polar surface area (TPSA) is 54.0 Å². The molecule has 0 N–H and O–H groups in total. The minimum atomic E-state index is -0.543. The van der Waals surface area contributed by atoms with E-state index in [2.05, 4.69) is 62.6 Å². The third-order valence-corrected chi connectivity index (χ3v) is 6.40. The summed E-state index contributed by atoms with van der Waals surface area (Å²) >= 11 is 0. The molecule has 0 amide bonds. The third kappa shape index (κ3) is 14.5. The van der Waals surface area contributed by atoms with Crippen LogP contribution in [0.25, 0.3) is 0 Å². The normalized spacial score (nSPS) is 21.5. The molecule has 0 radical (unpaired) electrons. The summed E-state index contributed by atoms with van der Waals surface area (Å²) in [5.41, 5.74) is 2.57. The van der Waals surface area contributed by atoms with Crippen LogP contribution in [-0.2, 0) is 23.7 Å². The molecule has 5 unspecified atom stereocenters. The minimum Gasteiger partial charge on any atom is -0.449 e. The molecule has 5 atom stereocenters. The van der Waals surface area contributed by atoms with Gasteiger partial charge in [-0.3, -0.25) is 0 Å². The lowest BCUT2D eigenvalue weighted by atomic mass is 9.92. The summed E-state index contributed by atoms with van der Waals surface area (Å²) in [5, 5.41) is 0. The molecule has 0 bridgehead atoms. The summed E-state index contributed by atoms with van der Waals surface area (Å²) in [4.78, 5) is 12.1. The Kier molecular flexibility index (Phi) is 18.2. The van der Waals surface area contributed by atoms with Crippen molar-refractivity contribution >= 4 is 5.97 Å². The van der Waals surface area contributed by atoms with Gasteiger partial charge >= 0.3 is 5.97 Å². The number of methoxy groups -OCH3 is 1. The van der Waals surface area contributed by atoms with E-state index in [0.717, 1.165) is 45.1 Å². The second-order valence-electron chi connectivity index (χ2n) is 9.73. The van der Waals surface area contributed by atoms with E-state index < -0.39 is 12.1 Å². The van der Waals surface area contributed by atoms with Crippen molar-refractivity contribution in [3.8, 4) is 11.8 Å². The second-order valence-corrected chi connectivity index (χ2v) is 9.73. The van der Waals surface area contributed by atoms with E-state index in [4.69, 9.17) is 18.9 Å². The first kappa shape index (κ1) is 33.6. The first-order valence-electron chi connectivity index (χ1n) is 14.1. The minimum absolute atomic E-state index is 0.00419. The van der Waals surface area contributed by atoms with E-state index in [1.807, 2.05) is 26.0 Å². The van der Waals surface area contributed by atoms with Crippen LogP contribution in [0.15, 0.2) is 60.3 Å². The average molecular weight is 527 g/mol. The predicted octanol–water partition coefficient (Wildman–Crippen LogP) is 7.30. The van der Waals surface area contributed by atoms with E-state index in [9.17, 15) is 4.79 Å². The van der Waals surface area contributed by atoms with E-state index in [0.29, 0.717) is 25.0 Å². The number of carbonyl (C=O) groups is 1. The maximum absolute atomic E-state index is 12.1. The maximum atomic E-state index is 12.1. The van der Waals surface area contributed by atoms with Gasteiger partial charge in [0.2, 0.25) is 0 Å². The van der Waals surface area contributed by atoms with Crippen molar-refractivity contribution in [3.63, 3.8) is 0 Å². The fourth-order valence-corrected chi connectivity index (χ4v) is 4.51. The van der Waals surface area contributed by atoms with Crippen LogP contribution in [0.2, 0.25) is 0 Å². The first-order chi connectivity index (χ1) is 18.4. The number of hydrogen-bond acceptors (Lipinski definition) is 5. The molecule has 0 aliphatic carbocycles. The summed E-state index contributed by atoms with van der Waals surface area (Å²) in [6.07, 6.45) is 20.3. The fourth-order valence-electron chi connectivity index (χ4n) is 4.51. The SMILES string of the molecule is C=C(CC/C=C/CC(OC(=O)C#CC)C(/C=C/C1CC(C)=CCO1)OC)CC(C)CC1CC=CCO1.CC. The van der Waals surface area contributed by atoms with Crippen LogP contribution in [0.5, 0.6) is 0 Å². The highest BCUT2D eigenvalue weighted by Crippen LogP contribution is 2.23. The highest BCUT2D eigenvalue weighted by molar-refractivity contribution is 5.88. The summed E-state index contributed by atoms with van der Waals surface area (Å²) in [7, 11) is 1.62. The zero-order valence-electron chi connectivity index (χ0n) is 24.5. The lowest BCUT2D eigenvalue weighted by molar-refractivity contribution is -0.146. The molecule has 212 valence electrons. The Balaban J connectivity index is 0.00000352. The lowest BCUT2D eigenvalue weighted by Gasteiger charge is -2.23. The molecule has 0 aromatic carbocycles. The zero-order chi connectivity index (χ0) is 28.2. The number of allylic oxidation sites excluding steroid dienone is 2. The van der Waals surface area contributed by atoms with Crippen molar-refractivity contribution in [2.45, 2.75) is 104 Å². The van der Waals surface area contributed by atoms with Crippen LogP contribution in [0.3, 0.4) is 0 Å². The van der Waals surface area contributed by atoms with E-state index in [1.54, 1.807) is 14.0 Å². The van der Waals surface area contributed by atoms with Crippen molar-refractivity contribution < 1.29 is 23.7 Å². The van der Waals surface area contributed by atoms with Gasteiger partial charge in [-0.15, -0.1) is 0 Å². The molecular weight excluding hydrogens is 476 g/mol. The summed E-state index contributed by atoms with van der Waals surface area (Å²) in [6, 6.07) is 0.